The highest BCUT2D eigenvalue weighted by Gasteiger charge is 2.13. The molecule has 0 aliphatic rings. The van der Waals surface area contributed by atoms with Crippen molar-refractivity contribution in [2.45, 2.75) is 27.3 Å². The van der Waals surface area contributed by atoms with E-state index in [1.54, 1.807) is 0 Å². The first kappa shape index (κ1) is 14.2. The zero-order valence-corrected chi connectivity index (χ0v) is 12.5. The van der Waals surface area contributed by atoms with Gasteiger partial charge < -0.3 is 10.2 Å². The van der Waals surface area contributed by atoms with Crippen LogP contribution < -0.4 is 10.2 Å². The maximum absolute atomic E-state index is 4.56. The zero-order valence-electron chi connectivity index (χ0n) is 12.5. The Labute approximate surface area is 120 Å². The Morgan fingerprint density at radius 3 is 2.65 bits per heavy atom. The minimum absolute atomic E-state index is 0.726. The van der Waals surface area contributed by atoms with E-state index in [-0.39, 0.29) is 0 Å². The van der Waals surface area contributed by atoms with Crippen molar-refractivity contribution in [2.24, 2.45) is 0 Å². The van der Waals surface area contributed by atoms with Gasteiger partial charge in [-0.3, -0.25) is 4.98 Å². The number of rotatable bonds is 5. The summed E-state index contributed by atoms with van der Waals surface area (Å²) in [7, 11) is 2.03. The minimum atomic E-state index is 0.726. The first-order chi connectivity index (χ1) is 9.61. The number of anilines is 2. The van der Waals surface area contributed by atoms with Gasteiger partial charge in [-0.25, -0.2) is 9.97 Å². The monoisotopic (exact) mass is 271 g/mol. The number of pyridine rings is 1. The molecule has 20 heavy (non-hydrogen) atoms. The molecule has 0 atom stereocenters. The van der Waals surface area contributed by atoms with E-state index in [0.29, 0.717) is 0 Å². The average Bonchev–Trinajstić information content (AvgIpc) is 2.43. The van der Waals surface area contributed by atoms with Gasteiger partial charge in [-0.15, -0.1) is 0 Å². The van der Waals surface area contributed by atoms with Gasteiger partial charge in [-0.1, -0.05) is 6.07 Å². The molecule has 106 valence electrons. The average molecular weight is 271 g/mol. The van der Waals surface area contributed by atoms with Crippen LogP contribution in [0.1, 0.15) is 24.0 Å². The molecule has 0 amide bonds. The highest BCUT2D eigenvalue weighted by molar-refractivity contribution is 5.58. The van der Waals surface area contributed by atoms with Gasteiger partial charge in [-0.05, 0) is 32.9 Å². The van der Waals surface area contributed by atoms with Gasteiger partial charge in [0.15, 0.2) is 0 Å². The van der Waals surface area contributed by atoms with Crippen LogP contribution in [0.4, 0.5) is 11.6 Å². The molecule has 0 bridgehead atoms. The first-order valence-corrected chi connectivity index (χ1v) is 6.82. The maximum atomic E-state index is 4.56. The van der Waals surface area contributed by atoms with Crippen LogP contribution in [-0.2, 0) is 6.54 Å². The van der Waals surface area contributed by atoms with E-state index >= 15 is 0 Å². The van der Waals surface area contributed by atoms with Gasteiger partial charge in [0, 0.05) is 25.4 Å². The molecule has 2 heterocycles. The fraction of sp³-hybridized carbons (Fsp3) is 0.400. The molecule has 5 nitrogen and oxygen atoms in total. The molecule has 0 fully saturated rings. The predicted octanol–water partition coefficient (Wildman–Crippen LogP) is 2.56. The standard InChI is InChI=1S/C15H21N5/c1-5-16-14-11(2)15(19-12(3)18-14)20(4)10-13-8-6-7-9-17-13/h6-9H,5,10H2,1-4H3,(H,16,18,19). The Bertz CT molecular complexity index is 568. The SMILES string of the molecule is CCNc1nc(C)nc(N(C)Cc2ccccn2)c1C. The summed E-state index contributed by atoms with van der Waals surface area (Å²) in [4.78, 5) is 15.5. The van der Waals surface area contributed by atoms with Crippen LogP contribution in [0, 0.1) is 13.8 Å². The molecule has 2 aromatic heterocycles. The lowest BCUT2D eigenvalue weighted by molar-refractivity contribution is 0.845. The molecule has 0 aliphatic carbocycles. The van der Waals surface area contributed by atoms with Crippen LogP contribution in [0.25, 0.3) is 0 Å². The summed E-state index contributed by atoms with van der Waals surface area (Å²) < 4.78 is 0. The molecule has 0 spiro atoms. The number of aryl methyl sites for hydroxylation is 1. The molecule has 0 aliphatic heterocycles. The van der Waals surface area contributed by atoms with Crippen molar-refractivity contribution in [3.05, 3.63) is 41.5 Å². The molecule has 0 saturated heterocycles. The zero-order chi connectivity index (χ0) is 14.5. The van der Waals surface area contributed by atoms with Gasteiger partial charge in [0.2, 0.25) is 0 Å². The second kappa shape index (κ2) is 6.32. The number of hydrogen-bond acceptors (Lipinski definition) is 5. The van der Waals surface area contributed by atoms with E-state index in [4.69, 9.17) is 0 Å². The lowest BCUT2D eigenvalue weighted by Crippen LogP contribution is -2.21. The Kier molecular flexibility index (Phi) is 4.50. The van der Waals surface area contributed by atoms with Crippen LogP contribution in [0.2, 0.25) is 0 Å². The van der Waals surface area contributed by atoms with Gasteiger partial charge >= 0.3 is 0 Å². The Hall–Kier alpha value is -2.17. The highest BCUT2D eigenvalue weighted by Crippen LogP contribution is 2.23. The number of aromatic nitrogens is 3. The van der Waals surface area contributed by atoms with Gasteiger partial charge in [0.25, 0.3) is 0 Å². The van der Waals surface area contributed by atoms with E-state index in [2.05, 4.69) is 32.1 Å². The molecule has 1 N–H and O–H groups in total. The van der Waals surface area contributed by atoms with Gasteiger partial charge in [-0.2, -0.15) is 0 Å². The summed E-state index contributed by atoms with van der Waals surface area (Å²) >= 11 is 0. The van der Waals surface area contributed by atoms with E-state index in [0.717, 1.165) is 41.8 Å². The fourth-order valence-electron chi connectivity index (χ4n) is 2.13. The molecular weight excluding hydrogens is 250 g/mol. The molecule has 2 rings (SSSR count). The minimum Gasteiger partial charge on any atom is -0.370 e. The van der Waals surface area contributed by atoms with Crippen molar-refractivity contribution >= 4 is 11.6 Å². The summed E-state index contributed by atoms with van der Waals surface area (Å²) in [5.74, 6) is 2.62. The third-order valence-electron chi connectivity index (χ3n) is 3.06. The van der Waals surface area contributed by atoms with E-state index < -0.39 is 0 Å². The summed E-state index contributed by atoms with van der Waals surface area (Å²) in [6.07, 6.45) is 1.81. The topological polar surface area (TPSA) is 53.9 Å². The fourth-order valence-corrected chi connectivity index (χ4v) is 2.13. The molecule has 0 aromatic carbocycles. The van der Waals surface area contributed by atoms with Crippen molar-refractivity contribution < 1.29 is 0 Å². The third kappa shape index (κ3) is 3.23. The third-order valence-corrected chi connectivity index (χ3v) is 3.06. The molecular formula is C15H21N5. The number of nitrogens with zero attached hydrogens (tertiary/aromatic N) is 4. The van der Waals surface area contributed by atoms with Crippen LogP contribution in [0.15, 0.2) is 24.4 Å². The molecule has 2 aromatic rings. The Morgan fingerprint density at radius 1 is 1.20 bits per heavy atom. The highest BCUT2D eigenvalue weighted by atomic mass is 15.2. The van der Waals surface area contributed by atoms with E-state index in [9.17, 15) is 0 Å². The maximum Gasteiger partial charge on any atom is 0.137 e. The molecule has 0 saturated carbocycles. The Balaban J connectivity index is 2.27. The number of hydrogen-bond donors (Lipinski definition) is 1. The smallest absolute Gasteiger partial charge is 0.137 e. The van der Waals surface area contributed by atoms with Crippen molar-refractivity contribution in [3.63, 3.8) is 0 Å². The summed E-state index contributed by atoms with van der Waals surface area (Å²) in [6, 6.07) is 5.94. The number of nitrogens with one attached hydrogen (secondary N) is 1. The second-order valence-electron chi connectivity index (χ2n) is 4.78. The van der Waals surface area contributed by atoms with Crippen molar-refractivity contribution in [1.82, 2.24) is 15.0 Å². The molecule has 0 unspecified atom stereocenters. The second-order valence-corrected chi connectivity index (χ2v) is 4.78. The van der Waals surface area contributed by atoms with E-state index in [1.807, 2.05) is 45.3 Å². The summed E-state index contributed by atoms with van der Waals surface area (Å²) in [5, 5.41) is 3.28. The van der Waals surface area contributed by atoms with Crippen LogP contribution in [0.5, 0.6) is 0 Å². The van der Waals surface area contributed by atoms with Crippen LogP contribution in [-0.4, -0.2) is 28.5 Å². The summed E-state index contributed by atoms with van der Waals surface area (Å²) in [5.41, 5.74) is 2.09. The summed E-state index contributed by atoms with van der Waals surface area (Å²) in [6.45, 7) is 7.60. The quantitative estimate of drug-likeness (QED) is 0.905. The first-order valence-electron chi connectivity index (χ1n) is 6.82. The van der Waals surface area contributed by atoms with E-state index in [1.165, 1.54) is 0 Å². The van der Waals surface area contributed by atoms with Crippen molar-refractivity contribution in [1.29, 1.82) is 0 Å². The van der Waals surface area contributed by atoms with Crippen LogP contribution in [0.3, 0.4) is 0 Å². The van der Waals surface area contributed by atoms with Gasteiger partial charge in [0.1, 0.15) is 17.5 Å². The molecule has 0 radical (unpaired) electrons. The lowest BCUT2D eigenvalue weighted by Gasteiger charge is -2.21. The van der Waals surface area contributed by atoms with Crippen LogP contribution >= 0.6 is 0 Å². The predicted molar refractivity (Wildman–Crippen MR) is 82.0 cm³/mol. The lowest BCUT2D eigenvalue weighted by atomic mass is 10.2. The van der Waals surface area contributed by atoms with Gasteiger partial charge in [0.05, 0.1) is 12.2 Å². The Morgan fingerprint density at radius 2 is 2.00 bits per heavy atom. The largest absolute Gasteiger partial charge is 0.370 e. The molecule has 5 heteroatoms. The van der Waals surface area contributed by atoms with Crippen molar-refractivity contribution in [2.75, 3.05) is 23.8 Å². The van der Waals surface area contributed by atoms with Crippen molar-refractivity contribution in [3.8, 4) is 0 Å². The normalized spacial score (nSPS) is 10.4.